The summed E-state index contributed by atoms with van der Waals surface area (Å²) in [6.07, 6.45) is 13.9. The summed E-state index contributed by atoms with van der Waals surface area (Å²) in [5.74, 6) is -0.823. The third kappa shape index (κ3) is 3.26. The van der Waals surface area contributed by atoms with Crippen molar-refractivity contribution in [2.45, 2.75) is 18.9 Å². The van der Waals surface area contributed by atoms with Crippen LogP contribution in [0.3, 0.4) is 0 Å². The third-order valence-electron chi connectivity index (χ3n) is 7.48. The number of fused-ring (bicyclic) bond motifs is 4. The number of aliphatic carboxylic acids is 1. The zero-order valence-electron chi connectivity index (χ0n) is 19.3. The van der Waals surface area contributed by atoms with Gasteiger partial charge in [0.05, 0.1) is 22.5 Å². The Morgan fingerprint density at radius 3 is 2.84 bits per heavy atom. The zero-order valence-corrected chi connectivity index (χ0v) is 20.0. The molecule has 5 aromatic heterocycles. The molecule has 0 radical (unpaired) electrons. The molecule has 2 N–H and O–H groups in total. The van der Waals surface area contributed by atoms with Gasteiger partial charge < -0.3 is 14.7 Å². The van der Waals surface area contributed by atoms with Crippen LogP contribution in [0.15, 0.2) is 61.0 Å². The second-order valence-electron chi connectivity index (χ2n) is 9.51. The molecule has 5 aromatic rings. The highest BCUT2D eigenvalue weighted by Crippen LogP contribution is 2.50. The summed E-state index contributed by atoms with van der Waals surface area (Å²) in [7, 11) is 0. The van der Waals surface area contributed by atoms with Crippen molar-refractivity contribution >= 4 is 39.6 Å². The van der Waals surface area contributed by atoms with Gasteiger partial charge in [0.25, 0.3) is 0 Å². The molecule has 0 aliphatic heterocycles. The van der Waals surface area contributed by atoms with Crippen molar-refractivity contribution in [2.24, 2.45) is 11.8 Å². The monoisotopic (exact) mass is 507 g/mol. The fourth-order valence-corrected chi connectivity index (χ4v) is 5.87. The van der Waals surface area contributed by atoms with E-state index in [1.165, 1.54) is 11.8 Å². The number of nitrogens with one attached hydrogen (secondary N) is 1. The Labute approximate surface area is 215 Å². The Hall–Kier alpha value is -4.55. The first-order valence-electron chi connectivity index (χ1n) is 11.8. The van der Waals surface area contributed by atoms with E-state index in [2.05, 4.69) is 32.1 Å². The average Bonchev–Trinajstić information content (AvgIpc) is 3.48. The first-order chi connectivity index (χ1) is 18.0. The number of carboxylic acid groups (broad SMARTS) is 1. The lowest BCUT2D eigenvalue weighted by Crippen LogP contribution is -2.40. The Bertz CT molecular complexity index is 1820. The van der Waals surface area contributed by atoms with E-state index in [0.29, 0.717) is 33.3 Å². The molecule has 1 saturated carbocycles. The molecule has 5 heterocycles. The lowest BCUT2D eigenvalue weighted by atomic mass is 9.64. The number of rotatable bonds is 4. The van der Waals surface area contributed by atoms with Gasteiger partial charge in [-0.15, -0.1) is 0 Å². The summed E-state index contributed by atoms with van der Waals surface area (Å²) in [5.41, 5.74) is 5.14. The number of aromatic amines is 1. The number of halogens is 1. The molecule has 0 amide bonds. The van der Waals surface area contributed by atoms with E-state index in [9.17, 15) is 15.2 Å². The molecule has 0 spiro atoms. The molecule has 180 valence electrons. The summed E-state index contributed by atoms with van der Waals surface area (Å²) in [6.45, 7) is 0. The molecule has 0 unspecified atom stereocenters. The summed E-state index contributed by atoms with van der Waals surface area (Å²) in [6, 6.07) is 5.40. The maximum atomic E-state index is 12.4. The number of allylic oxidation sites excluding steroid dienone is 2. The van der Waals surface area contributed by atoms with E-state index < -0.39 is 17.9 Å². The first kappa shape index (κ1) is 21.7. The van der Waals surface area contributed by atoms with Gasteiger partial charge in [0.15, 0.2) is 5.82 Å². The van der Waals surface area contributed by atoms with Crippen LogP contribution in [0, 0.1) is 23.2 Å². The quantitative estimate of drug-likeness (QED) is 0.321. The molecule has 8 rings (SSSR count). The number of H-pyrrole nitrogens is 1. The van der Waals surface area contributed by atoms with E-state index in [1.807, 2.05) is 16.8 Å². The van der Waals surface area contributed by atoms with Crippen LogP contribution in [0.1, 0.15) is 24.4 Å². The van der Waals surface area contributed by atoms with Gasteiger partial charge in [-0.3, -0.25) is 9.78 Å². The number of hydrogen-bond acceptors (Lipinski definition) is 6. The number of carbonyl (C=O) groups is 1. The summed E-state index contributed by atoms with van der Waals surface area (Å²) in [5, 5.41) is 21.9. The van der Waals surface area contributed by atoms with E-state index in [1.54, 1.807) is 30.9 Å². The smallest absolute Gasteiger partial charge is 0.309 e. The van der Waals surface area contributed by atoms with Crippen LogP contribution in [0.4, 0.5) is 0 Å². The highest BCUT2D eigenvalue weighted by molar-refractivity contribution is 6.31. The van der Waals surface area contributed by atoms with Crippen LogP contribution >= 0.6 is 11.6 Å². The standard InChI is InChI=1S/C27H18ClN7O2/c28-16-6-18-19(10-32-24(18)31-9-16)25-33-11-20-21(17-1-2-30-8-15(17)7-29)12-35(26(20)34-25)22-5-13-3-14(4-13)23(22)27(36)37/h1-2,5-6,8-12,14,22-23H,3-4H2,(H,31,32)(H,36,37)/t22-,23-/m1/s1. The van der Waals surface area contributed by atoms with Crippen LogP contribution in [-0.4, -0.2) is 40.6 Å². The Morgan fingerprint density at radius 1 is 1.16 bits per heavy atom. The molecular weight excluding hydrogens is 490 g/mol. The molecule has 0 saturated heterocycles. The van der Waals surface area contributed by atoms with Gasteiger partial charge in [0, 0.05) is 64.6 Å². The minimum Gasteiger partial charge on any atom is -0.481 e. The van der Waals surface area contributed by atoms with Crippen molar-refractivity contribution in [3.05, 3.63) is 71.5 Å². The fourth-order valence-electron chi connectivity index (χ4n) is 5.71. The first-order valence-corrected chi connectivity index (χ1v) is 12.2. The van der Waals surface area contributed by atoms with Gasteiger partial charge in [-0.05, 0) is 30.9 Å². The molecule has 0 aromatic carbocycles. The fraction of sp³-hybridized carbons (Fsp3) is 0.185. The minimum absolute atomic E-state index is 0.0992. The molecule has 3 aliphatic rings. The van der Waals surface area contributed by atoms with Gasteiger partial charge in [-0.25, -0.2) is 15.0 Å². The zero-order chi connectivity index (χ0) is 25.3. The highest BCUT2D eigenvalue weighted by Gasteiger charge is 2.45. The van der Waals surface area contributed by atoms with Gasteiger partial charge >= 0.3 is 5.97 Å². The van der Waals surface area contributed by atoms with Crippen LogP contribution in [0.2, 0.25) is 5.02 Å². The maximum Gasteiger partial charge on any atom is 0.309 e. The van der Waals surface area contributed by atoms with Crippen LogP contribution in [0.5, 0.6) is 0 Å². The topological polar surface area (TPSA) is 133 Å². The molecular formula is C27H18ClN7O2. The Balaban J connectivity index is 1.49. The van der Waals surface area contributed by atoms with Crippen molar-refractivity contribution in [1.82, 2.24) is 29.5 Å². The van der Waals surface area contributed by atoms with E-state index in [0.717, 1.165) is 34.7 Å². The van der Waals surface area contributed by atoms with Gasteiger partial charge in [0.1, 0.15) is 17.4 Å². The number of aromatic nitrogens is 6. The largest absolute Gasteiger partial charge is 0.481 e. The number of carboxylic acids is 1. The van der Waals surface area contributed by atoms with Crippen molar-refractivity contribution in [3.63, 3.8) is 0 Å². The van der Waals surface area contributed by atoms with Gasteiger partial charge in [-0.2, -0.15) is 5.26 Å². The van der Waals surface area contributed by atoms with E-state index >= 15 is 0 Å². The maximum absolute atomic E-state index is 12.4. The third-order valence-corrected chi connectivity index (χ3v) is 7.69. The van der Waals surface area contributed by atoms with Gasteiger partial charge in [-0.1, -0.05) is 23.3 Å². The average molecular weight is 508 g/mol. The predicted molar refractivity (Wildman–Crippen MR) is 137 cm³/mol. The second kappa shape index (κ2) is 7.98. The predicted octanol–water partition coefficient (Wildman–Crippen LogP) is 5.15. The number of nitrogens with zero attached hydrogens (tertiary/aromatic N) is 6. The van der Waals surface area contributed by atoms with Crippen LogP contribution in [-0.2, 0) is 4.79 Å². The molecule has 37 heavy (non-hydrogen) atoms. The van der Waals surface area contributed by atoms with Crippen LogP contribution in [0.25, 0.3) is 44.6 Å². The van der Waals surface area contributed by atoms with E-state index in [4.69, 9.17) is 16.6 Å². The van der Waals surface area contributed by atoms with Crippen molar-refractivity contribution < 1.29 is 9.90 Å². The van der Waals surface area contributed by atoms with Crippen molar-refractivity contribution in [2.75, 3.05) is 0 Å². The summed E-state index contributed by atoms with van der Waals surface area (Å²) < 4.78 is 1.93. The number of pyridine rings is 2. The van der Waals surface area contributed by atoms with Crippen LogP contribution < -0.4 is 0 Å². The second-order valence-corrected chi connectivity index (χ2v) is 9.95. The molecule has 1 fully saturated rings. The summed E-state index contributed by atoms with van der Waals surface area (Å²) >= 11 is 6.21. The lowest BCUT2D eigenvalue weighted by molar-refractivity contribution is -0.146. The van der Waals surface area contributed by atoms with Crippen molar-refractivity contribution in [3.8, 4) is 28.6 Å². The van der Waals surface area contributed by atoms with Gasteiger partial charge in [0.2, 0.25) is 0 Å². The van der Waals surface area contributed by atoms with E-state index in [-0.39, 0.29) is 5.92 Å². The minimum atomic E-state index is -0.818. The van der Waals surface area contributed by atoms with Crippen molar-refractivity contribution in [1.29, 1.82) is 5.26 Å². The SMILES string of the molecule is N#Cc1cnccc1-c1cn([C@@H]2C=C3CC(C3)[C@H]2C(=O)O)c2nc(-c3c[nH]c4ncc(Cl)cc34)ncc12. The molecule has 10 heteroatoms. The normalized spacial score (nSPS) is 20.4. The Kier molecular flexibility index (Phi) is 4.68. The number of hydrogen-bond donors (Lipinski definition) is 2. The molecule has 2 bridgehead atoms. The summed E-state index contributed by atoms with van der Waals surface area (Å²) in [4.78, 5) is 33.5. The number of nitriles is 1. The highest BCUT2D eigenvalue weighted by atomic mass is 35.5. The molecule has 9 nitrogen and oxygen atoms in total. The molecule has 2 atom stereocenters. The molecule has 3 aliphatic carbocycles. The lowest BCUT2D eigenvalue weighted by Gasteiger charge is -2.43. The Morgan fingerprint density at radius 2 is 2.03 bits per heavy atom.